The van der Waals surface area contributed by atoms with Crippen molar-refractivity contribution in [1.82, 2.24) is 4.98 Å². The Morgan fingerprint density at radius 2 is 2.50 bits per heavy atom. The van der Waals surface area contributed by atoms with Gasteiger partial charge in [-0.15, -0.1) is 0 Å². The molecule has 0 aromatic carbocycles. The van der Waals surface area contributed by atoms with E-state index in [1.165, 1.54) is 18.4 Å². The molecular formula is C12H17BrN2O. The first kappa shape index (κ1) is 11.9. The van der Waals surface area contributed by atoms with Crippen molar-refractivity contribution in [3.63, 3.8) is 0 Å². The SMILES string of the molecule is Cc1cc(NCC2CCCOC2)ncc1Br. The normalized spacial score (nSPS) is 20.8. The molecule has 1 saturated heterocycles. The topological polar surface area (TPSA) is 34.1 Å². The first-order chi connectivity index (χ1) is 7.75. The molecular weight excluding hydrogens is 268 g/mol. The molecule has 4 heteroatoms. The molecule has 1 atom stereocenters. The Bertz CT molecular complexity index is 351. The number of aromatic nitrogens is 1. The van der Waals surface area contributed by atoms with Gasteiger partial charge in [-0.05, 0) is 53.2 Å². The maximum absolute atomic E-state index is 5.45. The van der Waals surface area contributed by atoms with Crippen LogP contribution in [0.15, 0.2) is 16.7 Å². The number of aryl methyl sites for hydroxylation is 1. The van der Waals surface area contributed by atoms with Gasteiger partial charge < -0.3 is 10.1 Å². The summed E-state index contributed by atoms with van der Waals surface area (Å²) in [5.74, 6) is 1.57. The van der Waals surface area contributed by atoms with Gasteiger partial charge in [0.1, 0.15) is 5.82 Å². The lowest BCUT2D eigenvalue weighted by Gasteiger charge is -2.22. The van der Waals surface area contributed by atoms with Crippen molar-refractivity contribution in [2.24, 2.45) is 5.92 Å². The summed E-state index contributed by atoms with van der Waals surface area (Å²) in [5.41, 5.74) is 1.21. The predicted molar refractivity (Wildman–Crippen MR) is 68.7 cm³/mol. The fraction of sp³-hybridized carbons (Fsp3) is 0.583. The fourth-order valence-corrected chi connectivity index (χ4v) is 2.07. The molecule has 0 spiro atoms. The van der Waals surface area contributed by atoms with Gasteiger partial charge >= 0.3 is 0 Å². The van der Waals surface area contributed by atoms with Crippen molar-refractivity contribution in [2.75, 3.05) is 25.1 Å². The Labute approximate surface area is 105 Å². The van der Waals surface area contributed by atoms with Crippen LogP contribution in [0.4, 0.5) is 5.82 Å². The van der Waals surface area contributed by atoms with Gasteiger partial charge in [0.2, 0.25) is 0 Å². The third-order valence-corrected chi connectivity index (χ3v) is 3.70. The van der Waals surface area contributed by atoms with Crippen molar-refractivity contribution >= 4 is 21.7 Å². The largest absolute Gasteiger partial charge is 0.381 e. The van der Waals surface area contributed by atoms with Crippen molar-refractivity contribution in [3.05, 3.63) is 22.3 Å². The standard InChI is InChI=1S/C12H17BrN2O/c1-9-5-12(15-7-11(9)13)14-6-10-3-2-4-16-8-10/h5,7,10H,2-4,6,8H2,1H3,(H,14,15). The van der Waals surface area contributed by atoms with Gasteiger partial charge in [-0.25, -0.2) is 4.98 Å². The molecule has 1 aliphatic heterocycles. The van der Waals surface area contributed by atoms with Crippen LogP contribution in [0.1, 0.15) is 18.4 Å². The van der Waals surface area contributed by atoms with E-state index in [1.54, 1.807) is 0 Å². The van der Waals surface area contributed by atoms with E-state index >= 15 is 0 Å². The van der Waals surface area contributed by atoms with Gasteiger partial charge in [0, 0.05) is 23.8 Å². The average Bonchev–Trinajstić information content (AvgIpc) is 2.32. The molecule has 1 aromatic heterocycles. The Morgan fingerprint density at radius 1 is 1.62 bits per heavy atom. The second-order valence-corrected chi connectivity index (χ2v) is 5.14. The first-order valence-corrected chi connectivity index (χ1v) is 6.49. The molecule has 0 amide bonds. The summed E-state index contributed by atoms with van der Waals surface area (Å²) in [6.45, 7) is 4.82. The average molecular weight is 285 g/mol. The van der Waals surface area contributed by atoms with Crippen LogP contribution in [0.5, 0.6) is 0 Å². The van der Waals surface area contributed by atoms with Gasteiger partial charge in [-0.3, -0.25) is 0 Å². The van der Waals surface area contributed by atoms with Crippen LogP contribution in [-0.4, -0.2) is 24.7 Å². The minimum absolute atomic E-state index is 0.625. The zero-order valence-electron chi connectivity index (χ0n) is 9.50. The van der Waals surface area contributed by atoms with Crippen molar-refractivity contribution in [2.45, 2.75) is 19.8 Å². The molecule has 1 N–H and O–H groups in total. The zero-order valence-corrected chi connectivity index (χ0v) is 11.1. The number of rotatable bonds is 3. The Kier molecular flexibility index (Phi) is 4.18. The Hall–Kier alpha value is -0.610. The maximum atomic E-state index is 5.45. The monoisotopic (exact) mass is 284 g/mol. The fourth-order valence-electron chi connectivity index (χ4n) is 1.85. The zero-order chi connectivity index (χ0) is 11.4. The highest BCUT2D eigenvalue weighted by Gasteiger charge is 2.13. The molecule has 1 fully saturated rings. The summed E-state index contributed by atoms with van der Waals surface area (Å²) in [5, 5.41) is 3.37. The van der Waals surface area contributed by atoms with E-state index in [-0.39, 0.29) is 0 Å². The summed E-state index contributed by atoms with van der Waals surface area (Å²) < 4.78 is 6.50. The van der Waals surface area contributed by atoms with E-state index < -0.39 is 0 Å². The quantitative estimate of drug-likeness (QED) is 0.927. The summed E-state index contributed by atoms with van der Waals surface area (Å²) in [6, 6.07) is 2.06. The molecule has 2 heterocycles. The van der Waals surface area contributed by atoms with Gasteiger partial charge in [0.25, 0.3) is 0 Å². The smallest absolute Gasteiger partial charge is 0.126 e. The Balaban J connectivity index is 1.86. The molecule has 2 rings (SSSR count). The number of hydrogen-bond donors (Lipinski definition) is 1. The number of nitrogens with one attached hydrogen (secondary N) is 1. The van der Waals surface area contributed by atoms with Gasteiger partial charge in [0.05, 0.1) is 6.61 Å². The molecule has 0 radical (unpaired) electrons. The number of hydrogen-bond acceptors (Lipinski definition) is 3. The minimum atomic E-state index is 0.625. The van der Waals surface area contributed by atoms with E-state index in [4.69, 9.17) is 4.74 Å². The van der Waals surface area contributed by atoms with E-state index in [0.29, 0.717) is 5.92 Å². The molecule has 1 aliphatic rings. The highest BCUT2D eigenvalue weighted by atomic mass is 79.9. The van der Waals surface area contributed by atoms with Gasteiger partial charge in [0.15, 0.2) is 0 Å². The molecule has 0 aliphatic carbocycles. The maximum Gasteiger partial charge on any atom is 0.126 e. The lowest BCUT2D eigenvalue weighted by Crippen LogP contribution is -2.24. The van der Waals surface area contributed by atoms with E-state index in [2.05, 4.69) is 39.2 Å². The van der Waals surface area contributed by atoms with Crippen LogP contribution >= 0.6 is 15.9 Å². The lowest BCUT2D eigenvalue weighted by molar-refractivity contribution is 0.0595. The molecule has 1 aromatic rings. The van der Waals surface area contributed by atoms with Crippen LogP contribution in [0, 0.1) is 12.8 Å². The number of ether oxygens (including phenoxy) is 1. The third-order valence-electron chi connectivity index (χ3n) is 2.87. The van der Waals surface area contributed by atoms with Gasteiger partial charge in [-0.1, -0.05) is 0 Å². The summed E-state index contributed by atoms with van der Waals surface area (Å²) >= 11 is 3.45. The predicted octanol–water partition coefficient (Wildman–Crippen LogP) is 2.99. The first-order valence-electron chi connectivity index (χ1n) is 5.69. The highest BCUT2D eigenvalue weighted by molar-refractivity contribution is 9.10. The van der Waals surface area contributed by atoms with Crippen LogP contribution in [0.25, 0.3) is 0 Å². The molecule has 0 saturated carbocycles. The molecule has 88 valence electrons. The molecule has 0 bridgehead atoms. The Morgan fingerprint density at radius 3 is 3.19 bits per heavy atom. The number of halogens is 1. The number of pyridine rings is 1. The summed E-state index contributed by atoms with van der Waals surface area (Å²) in [6.07, 6.45) is 4.27. The molecule has 3 nitrogen and oxygen atoms in total. The minimum Gasteiger partial charge on any atom is -0.381 e. The molecule has 16 heavy (non-hydrogen) atoms. The van der Waals surface area contributed by atoms with E-state index in [1.807, 2.05) is 6.20 Å². The van der Waals surface area contributed by atoms with E-state index in [9.17, 15) is 0 Å². The van der Waals surface area contributed by atoms with Crippen LogP contribution in [-0.2, 0) is 4.74 Å². The molecule has 1 unspecified atom stereocenters. The van der Waals surface area contributed by atoms with Crippen molar-refractivity contribution in [3.8, 4) is 0 Å². The third kappa shape index (κ3) is 3.19. The summed E-state index contributed by atoms with van der Waals surface area (Å²) in [4.78, 5) is 4.32. The van der Waals surface area contributed by atoms with Crippen molar-refractivity contribution < 1.29 is 4.74 Å². The van der Waals surface area contributed by atoms with Crippen LogP contribution < -0.4 is 5.32 Å². The second kappa shape index (κ2) is 5.64. The van der Waals surface area contributed by atoms with Gasteiger partial charge in [-0.2, -0.15) is 0 Å². The lowest BCUT2D eigenvalue weighted by atomic mass is 10.0. The van der Waals surface area contributed by atoms with E-state index in [0.717, 1.165) is 30.0 Å². The van der Waals surface area contributed by atoms with Crippen molar-refractivity contribution in [1.29, 1.82) is 0 Å². The number of nitrogens with zero attached hydrogens (tertiary/aromatic N) is 1. The van der Waals surface area contributed by atoms with Crippen LogP contribution in [0.2, 0.25) is 0 Å². The van der Waals surface area contributed by atoms with Crippen LogP contribution in [0.3, 0.4) is 0 Å². The number of anilines is 1. The second-order valence-electron chi connectivity index (χ2n) is 4.28. The highest BCUT2D eigenvalue weighted by Crippen LogP contribution is 2.18. The summed E-state index contributed by atoms with van der Waals surface area (Å²) in [7, 11) is 0.